The van der Waals surface area contributed by atoms with E-state index in [1.807, 2.05) is 35.3 Å². The van der Waals surface area contributed by atoms with Crippen molar-refractivity contribution in [3.05, 3.63) is 45.3 Å². The lowest BCUT2D eigenvalue weighted by Crippen LogP contribution is -2.53. The van der Waals surface area contributed by atoms with E-state index in [9.17, 15) is 9.70 Å². The second kappa shape index (κ2) is 11.1. The van der Waals surface area contributed by atoms with Crippen molar-refractivity contribution in [2.24, 2.45) is 10.4 Å². The van der Waals surface area contributed by atoms with Crippen LogP contribution in [0.1, 0.15) is 38.3 Å². The van der Waals surface area contributed by atoms with Crippen molar-refractivity contribution in [3.63, 3.8) is 0 Å². The van der Waals surface area contributed by atoms with E-state index in [2.05, 4.69) is 62.3 Å². The quantitative estimate of drug-likeness (QED) is 0.115. The largest absolute Gasteiger partial charge is 0.493 e. The van der Waals surface area contributed by atoms with Gasteiger partial charge in [-0.05, 0) is 44.0 Å². The van der Waals surface area contributed by atoms with Gasteiger partial charge in [-0.25, -0.2) is 0 Å². The number of benzene rings is 1. The summed E-state index contributed by atoms with van der Waals surface area (Å²) in [5.41, 5.74) is 13.8. The first-order valence-corrected chi connectivity index (χ1v) is 13.3. The topological polar surface area (TPSA) is 135 Å². The molecular weight excluding hydrogens is 583 g/mol. The van der Waals surface area contributed by atoms with Crippen LogP contribution >= 0.6 is 34.6 Å². The monoisotopic (exact) mass is 612 g/mol. The predicted molar refractivity (Wildman–Crippen MR) is 144 cm³/mol. The maximum absolute atomic E-state index is 13.3. The van der Waals surface area contributed by atoms with Gasteiger partial charge in [0.05, 0.1) is 41.7 Å². The fraction of sp³-hybridized carbons (Fsp3) is 0.500. The highest BCUT2D eigenvalue weighted by Gasteiger charge is 2.36. The third-order valence-electron chi connectivity index (χ3n) is 6.12. The minimum atomic E-state index is -0.455. The van der Waals surface area contributed by atoms with Gasteiger partial charge in [0.25, 0.3) is 5.91 Å². The number of halogens is 1. The number of fused-ring (bicyclic) bond motifs is 2. The number of hydrogen-bond acceptors (Lipinski definition) is 10. The average Bonchev–Trinajstić information content (AvgIpc) is 3.18. The Morgan fingerprint density at radius 3 is 2.97 bits per heavy atom. The lowest BCUT2D eigenvalue weighted by Gasteiger charge is -2.35. The Morgan fingerprint density at radius 2 is 2.26 bits per heavy atom. The van der Waals surface area contributed by atoms with Crippen molar-refractivity contribution >= 4 is 51.8 Å². The number of nitroso groups, excluding NO2 is 1. The molecule has 35 heavy (non-hydrogen) atoms. The van der Waals surface area contributed by atoms with E-state index in [-0.39, 0.29) is 30.8 Å². The molecule has 3 aliphatic rings. The Bertz CT molecular complexity index is 1070. The first-order chi connectivity index (χ1) is 16.8. The number of carbonyl (C=O) groups is 1. The zero-order chi connectivity index (χ0) is 25.1. The van der Waals surface area contributed by atoms with Crippen LogP contribution < -0.4 is 20.8 Å². The van der Waals surface area contributed by atoms with Crippen molar-refractivity contribution in [2.75, 3.05) is 19.7 Å². The third kappa shape index (κ3) is 5.40. The van der Waals surface area contributed by atoms with Crippen LogP contribution in [0.5, 0.6) is 5.75 Å². The van der Waals surface area contributed by atoms with Crippen molar-refractivity contribution < 1.29 is 9.53 Å². The van der Waals surface area contributed by atoms with E-state index in [1.165, 1.54) is 11.8 Å². The van der Waals surface area contributed by atoms with Gasteiger partial charge in [0.15, 0.2) is 11.7 Å². The van der Waals surface area contributed by atoms with E-state index < -0.39 is 5.37 Å². The van der Waals surface area contributed by atoms with Crippen LogP contribution in [0.3, 0.4) is 0 Å². The molecule has 0 bridgehead atoms. The van der Waals surface area contributed by atoms with Crippen LogP contribution in [0, 0.1) is 10.4 Å². The molecule has 3 aliphatic heterocycles. The Balaban J connectivity index is 1.61. The number of thioether (sulfide) groups is 1. The number of hydrogen-bond donors (Lipinski definition) is 4. The van der Waals surface area contributed by atoms with E-state index >= 15 is 0 Å². The van der Waals surface area contributed by atoms with Crippen LogP contribution in [-0.2, 0) is 4.79 Å². The summed E-state index contributed by atoms with van der Waals surface area (Å²) in [5, 5.41) is 12.6. The summed E-state index contributed by atoms with van der Waals surface area (Å²) in [6, 6.07) is 6.11. The molecule has 4 rings (SSSR count). The van der Waals surface area contributed by atoms with E-state index in [1.54, 1.807) is 4.90 Å². The number of carbonyl (C=O) groups excluding carboxylic acids is 1. The molecule has 0 aliphatic carbocycles. The summed E-state index contributed by atoms with van der Waals surface area (Å²) >= 11 is 3.69. The lowest BCUT2D eigenvalue weighted by molar-refractivity contribution is -0.132. The SMILES string of the molecule is CC1NC(NN=N)N(I)C=C1c1ccc2c(c1)C1=C(CCO2)SC(C(=O)N(CCN=O)C(C)C)N1. The van der Waals surface area contributed by atoms with Crippen molar-refractivity contribution in [2.45, 2.75) is 50.9 Å². The molecule has 0 aromatic heterocycles. The van der Waals surface area contributed by atoms with Crippen LogP contribution in [0.25, 0.3) is 11.3 Å². The molecule has 0 spiro atoms. The highest BCUT2D eigenvalue weighted by atomic mass is 127. The summed E-state index contributed by atoms with van der Waals surface area (Å²) < 4.78 is 7.94. The summed E-state index contributed by atoms with van der Waals surface area (Å²) in [4.78, 5) is 26.8. The van der Waals surface area contributed by atoms with Gasteiger partial charge < -0.3 is 15.0 Å². The van der Waals surface area contributed by atoms with Gasteiger partial charge in [-0.15, -0.1) is 0 Å². The molecule has 1 aromatic carbocycles. The molecule has 0 saturated heterocycles. The minimum Gasteiger partial charge on any atom is -0.493 e. The molecule has 11 nitrogen and oxygen atoms in total. The van der Waals surface area contributed by atoms with Crippen LogP contribution in [0.2, 0.25) is 0 Å². The molecular formula is C22H29IN8O3S. The summed E-state index contributed by atoms with van der Waals surface area (Å²) in [6.45, 7) is 6.87. The van der Waals surface area contributed by atoms with Crippen LogP contribution in [0.4, 0.5) is 0 Å². The molecule has 1 aromatic rings. The normalized spacial score (nSPS) is 23.4. The predicted octanol–water partition coefficient (Wildman–Crippen LogP) is 3.61. The minimum absolute atomic E-state index is 0.0183. The van der Waals surface area contributed by atoms with Gasteiger partial charge in [0, 0.05) is 41.7 Å². The fourth-order valence-corrected chi connectivity index (χ4v) is 6.14. The fourth-order valence-electron chi connectivity index (χ4n) is 4.37. The van der Waals surface area contributed by atoms with Gasteiger partial charge in [-0.2, -0.15) is 10.4 Å². The summed E-state index contributed by atoms with van der Waals surface area (Å²) in [7, 11) is 0. The smallest absolute Gasteiger partial charge is 0.256 e. The zero-order valence-corrected chi connectivity index (χ0v) is 22.7. The molecule has 13 heteroatoms. The standard InChI is InChI=1S/C22H29IN8O3S/c1-12(2)30(8-7-25-33)21(32)20-27-19-15-10-14(4-5-17(15)34-9-6-18(19)35-20)16-11-31(23)22(28-29-24)26-13(16)3/h4-5,10-13,20,22,26-27H,6-9H2,1-3H3,(H2,24,28). The maximum Gasteiger partial charge on any atom is 0.256 e. The highest BCUT2D eigenvalue weighted by Crippen LogP contribution is 2.44. The molecule has 3 heterocycles. The molecule has 0 fully saturated rings. The number of nitrogens with zero attached hydrogens (tertiary/aromatic N) is 4. The second-order valence-corrected chi connectivity index (χ2v) is 11.0. The van der Waals surface area contributed by atoms with Gasteiger partial charge >= 0.3 is 0 Å². The van der Waals surface area contributed by atoms with E-state index in [0.29, 0.717) is 19.6 Å². The third-order valence-corrected chi connectivity index (χ3v) is 8.20. The Morgan fingerprint density at radius 1 is 1.46 bits per heavy atom. The molecule has 3 unspecified atom stereocenters. The molecule has 188 valence electrons. The van der Waals surface area contributed by atoms with Gasteiger partial charge in [0.1, 0.15) is 5.75 Å². The van der Waals surface area contributed by atoms with Crippen molar-refractivity contribution in [1.82, 2.24) is 24.1 Å². The molecule has 3 atom stereocenters. The van der Waals surface area contributed by atoms with Crippen LogP contribution in [0.15, 0.2) is 39.7 Å². The summed E-state index contributed by atoms with van der Waals surface area (Å²) in [5.74, 6) is 0.730. The van der Waals surface area contributed by atoms with Gasteiger partial charge in [-0.1, -0.05) is 28.2 Å². The number of ether oxygens (including phenoxy) is 1. The second-order valence-electron chi connectivity index (χ2n) is 8.69. The molecule has 4 N–H and O–H groups in total. The van der Waals surface area contributed by atoms with E-state index in [4.69, 9.17) is 10.3 Å². The zero-order valence-electron chi connectivity index (χ0n) is 19.7. The molecule has 0 radical (unpaired) electrons. The first-order valence-electron chi connectivity index (χ1n) is 11.4. The van der Waals surface area contributed by atoms with Gasteiger partial charge in [0.2, 0.25) is 0 Å². The lowest BCUT2D eigenvalue weighted by atomic mass is 9.96. The Labute approximate surface area is 222 Å². The first kappa shape index (κ1) is 25.7. The number of nitrogens with one attached hydrogen (secondary N) is 4. The Hall–Kier alpha value is -2.39. The molecule has 1 amide bonds. The summed E-state index contributed by atoms with van der Waals surface area (Å²) in [6.07, 6.45) is 2.47. The highest BCUT2D eigenvalue weighted by molar-refractivity contribution is 14.1. The maximum atomic E-state index is 13.3. The van der Waals surface area contributed by atoms with E-state index in [0.717, 1.165) is 33.1 Å². The van der Waals surface area contributed by atoms with Crippen molar-refractivity contribution in [1.29, 1.82) is 5.53 Å². The number of amides is 1. The number of rotatable bonds is 8. The average molecular weight is 612 g/mol. The van der Waals surface area contributed by atoms with Crippen LogP contribution in [-0.4, -0.2) is 57.4 Å². The van der Waals surface area contributed by atoms with Gasteiger partial charge in [-0.3, -0.25) is 18.7 Å². The Kier molecular flexibility index (Phi) is 8.16. The molecule has 0 saturated carbocycles. The van der Waals surface area contributed by atoms with Crippen molar-refractivity contribution in [3.8, 4) is 5.75 Å².